The van der Waals surface area contributed by atoms with E-state index in [1.54, 1.807) is 15.8 Å². The highest BCUT2D eigenvalue weighted by Crippen LogP contribution is 2.36. The lowest BCUT2D eigenvalue weighted by molar-refractivity contribution is -0.145. The number of hydrogen-bond acceptors (Lipinski definition) is 4. The van der Waals surface area contributed by atoms with Crippen LogP contribution in [0.15, 0.2) is 42.6 Å². The van der Waals surface area contributed by atoms with Crippen molar-refractivity contribution in [3.05, 3.63) is 59.4 Å². The molecule has 28 heavy (non-hydrogen) atoms. The predicted octanol–water partition coefficient (Wildman–Crippen LogP) is 2.54. The Balaban J connectivity index is 1.57. The van der Waals surface area contributed by atoms with E-state index in [0.717, 1.165) is 22.3 Å². The van der Waals surface area contributed by atoms with Crippen LogP contribution in [0.4, 0.5) is 0 Å². The Hall–Kier alpha value is -3.22. The fourth-order valence-electron chi connectivity index (χ4n) is 4.08. The molecule has 2 aromatic heterocycles. The van der Waals surface area contributed by atoms with E-state index in [-0.39, 0.29) is 5.91 Å². The van der Waals surface area contributed by atoms with E-state index in [1.807, 2.05) is 50.4 Å². The third-order valence-corrected chi connectivity index (χ3v) is 5.75. The second-order valence-electron chi connectivity index (χ2n) is 7.35. The summed E-state index contributed by atoms with van der Waals surface area (Å²) >= 11 is 0. The number of amides is 1. The number of benzene rings is 1. The van der Waals surface area contributed by atoms with Crippen molar-refractivity contribution >= 4 is 22.9 Å². The summed E-state index contributed by atoms with van der Waals surface area (Å²) in [5, 5.41) is 15.1. The molecule has 0 unspecified atom stereocenters. The van der Waals surface area contributed by atoms with E-state index in [1.165, 1.54) is 0 Å². The lowest BCUT2D eigenvalue weighted by Gasteiger charge is -2.39. The Morgan fingerprint density at radius 1 is 1.14 bits per heavy atom. The van der Waals surface area contributed by atoms with Gasteiger partial charge in [-0.05, 0) is 31.4 Å². The van der Waals surface area contributed by atoms with Gasteiger partial charge in [0.2, 0.25) is 0 Å². The molecule has 1 amide bonds. The number of likely N-dealkylation sites (tertiary alicyclic amines) is 1. The van der Waals surface area contributed by atoms with Crippen LogP contribution in [0.2, 0.25) is 0 Å². The molecule has 1 aromatic carbocycles. The van der Waals surface area contributed by atoms with Crippen molar-refractivity contribution in [2.75, 3.05) is 13.1 Å². The highest BCUT2D eigenvalue weighted by Gasteiger charge is 2.43. The number of fused-ring (bicyclic) bond motifs is 1. The van der Waals surface area contributed by atoms with Crippen LogP contribution >= 0.6 is 0 Å². The molecule has 0 aliphatic carbocycles. The fraction of sp³-hybridized carbons (Fsp3) is 0.333. The normalized spacial score (nSPS) is 16.3. The molecule has 1 aliphatic rings. The van der Waals surface area contributed by atoms with Gasteiger partial charge >= 0.3 is 5.97 Å². The zero-order valence-corrected chi connectivity index (χ0v) is 15.9. The van der Waals surface area contributed by atoms with Gasteiger partial charge < -0.3 is 10.0 Å². The minimum Gasteiger partial charge on any atom is -0.481 e. The SMILES string of the molecule is Cc1nn(C)c2ncc(C(=O)N3CCC(C(=O)O)(c4ccccc4)CC3)cc12. The molecule has 7 heteroatoms. The molecule has 1 N–H and O–H groups in total. The maximum Gasteiger partial charge on any atom is 0.314 e. The Morgan fingerprint density at radius 3 is 2.46 bits per heavy atom. The molecule has 0 radical (unpaired) electrons. The monoisotopic (exact) mass is 378 g/mol. The molecule has 0 bridgehead atoms. The van der Waals surface area contributed by atoms with Crippen LogP contribution in [0.1, 0.15) is 34.5 Å². The van der Waals surface area contributed by atoms with Gasteiger partial charge in [-0.2, -0.15) is 5.10 Å². The lowest BCUT2D eigenvalue weighted by atomic mass is 9.73. The smallest absolute Gasteiger partial charge is 0.314 e. The largest absolute Gasteiger partial charge is 0.481 e. The van der Waals surface area contributed by atoms with Crippen LogP contribution in [0, 0.1) is 6.92 Å². The van der Waals surface area contributed by atoms with Crippen LogP contribution in [-0.2, 0) is 17.3 Å². The van der Waals surface area contributed by atoms with E-state index >= 15 is 0 Å². The number of carboxylic acid groups (broad SMARTS) is 1. The second-order valence-corrected chi connectivity index (χ2v) is 7.35. The summed E-state index contributed by atoms with van der Waals surface area (Å²) in [7, 11) is 1.82. The molecular formula is C21H22N4O3. The van der Waals surface area contributed by atoms with Gasteiger partial charge in [0.15, 0.2) is 5.65 Å². The van der Waals surface area contributed by atoms with E-state index < -0.39 is 11.4 Å². The highest BCUT2D eigenvalue weighted by atomic mass is 16.4. The quantitative estimate of drug-likeness (QED) is 0.757. The number of piperidine rings is 1. The molecule has 0 spiro atoms. The molecule has 0 atom stereocenters. The Labute approximate surface area is 162 Å². The first-order valence-corrected chi connectivity index (χ1v) is 9.30. The zero-order valence-electron chi connectivity index (χ0n) is 15.9. The number of hydrogen-bond donors (Lipinski definition) is 1. The van der Waals surface area contributed by atoms with Gasteiger partial charge in [-0.15, -0.1) is 0 Å². The van der Waals surface area contributed by atoms with Crippen molar-refractivity contribution in [2.45, 2.75) is 25.2 Å². The molecule has 144 valence electrons. The van der Waals surface area contributed by atoms with Crippen LogP contribution < -0.4 is 0 Å². The van der Waals surface area contributed by atoms with Crippen LogP contribution in [-0.4, -0.2) is 49.7 Å². The molecule has 0 saturated carbocycles. The van der Waals surface area contributed by atoms with Crippen molar-refractivity contribution in [1.82, 2.24) is 19.7 Å². The molecule has 7 nitrogen and oxygen atoms in total. The minimum absolute atomic E-state index is 0.121. The van der Waals surface area contributed by atoms with E-state index in [2.05, 4.69) is 10.1 Å². The van der Waals surface area contributed by atoms with Crippen molar-refractivity contribution in [3.63, 3.8) is 0 Å². The summed E-state index contributed by atoms with van der Waals surface area (Å²) in [4.78, 5) is 31.2. The summed E-state index contributed by atoms with van der Waals surface area (Å²) in [6.45, 7) is 2.68. The van der Waals surface area contributed by atoms with Gasteiger partial charge in [-0.25, -0.2) is 4.98 Å². The Morgan fingerprint density at radius 2 is 1.82 bits per heavy atom. The first kappa shape index (κ1) is 18.2. The molecule has 1 saturated heterocycles. The van der Waals surface area contributed by atoms with Gasteiger partial charge in [0, 0.05) is 31.7 Å². The van der Waals surface area contributed by atoms with Crippen molar-refractivity contribution < 1.29 is 14.7 Å². The van der Waals surface area contributed by atoms with Crippen LogP contribution in [0.25, 0.3) is 11.0 Å². The number of nitrogens with zero attached hydrogens (tertiary/aromatic N) is 4. The summed E-state index contributed by atoms with van der Waals surface area (Å²) in [5.74, 6) is -0.954. The number of carbonyl (C=O) groups excluding carboxylic acids is 1. The summed E-state index contributed by atoms with van der Waals surface area (Å²) in [6, 6.07) is 11.1. The van der Waals surface area contributed by atoms with E-state index in [4.69, 9.17) is 0 Å². The number of carbonyl (C=O) groups is 2. The summed E-state index contributed by atoms with van der Waals surface area (Å²) in [6.07, 6.45) is 2.35. The third-order valence-electron chi connectivity index (χ3n) is 5.75. The molecule has 1 aliphatic heterocycles. The number of aryl methyl sites for hydroxylation is 2. The summed E-state index contributed by atoms with van der Waals surface area (Å²) < 4.78 is 1.70. The van der Waals surface area contributed by atoms with Crippen molar-refractivity contribution in [2.24, 2.45) is 7.05 Å². The summed E-state index contributed by atoms with van der Waals surface area (Å²) in [5.41, 5.74) is 1.92. The lowest BCUT2D eigenvalue weighted by Crippen LogP contribution is -2.49. The number of aromatic nitrogens is 3. The van der Waals surface area contributed by atoms with Crippen LogP contribution in [0.5, 0.6) is 0 Å². The van der Waals surface area contributed by atoms with Gasteiger partial charge in [-0.3, -0.25) is 14.3 Å². The number of aliphatic carboxylic acids is 1. The van der Waals surface area contributed by atoms with Crippen LogP contribution in [0.3, 0.4) is 0 Å². The topological polar surface area (TPSA) is 88.3 Å². The Kier molecular flexibility index (Phi) is 4.37. The standard InChI is InChI=1S/C21H22N4O3/c1-14-17-12-15(13-22-18(17)24(2)23-14)19(26)25-10-8-21(9-11-25,20(27)28)16-6-4-3-5-7-16/h3-7,12-13H,8-11H2,1-2H3,(H,27,28). The zero-order chi connectivity index (χ0) is 19.9. The maximum absolute atomic E-state index is 13.0. The molecule has 3 heterocycles. The first-order chi connectivity index (χ1) is 13.4. The predicted molar refractivity (Wildman–Crippen MR) is 104 cm³/mol. The van der Waals surface area contributed by atoms with Crippen molar-refractivity contribution in [3.8, 4) is 0 Å². The maximum atomic E-state index is 13.0. The molecule has 3 aromatic rings. The molecule has 1 fully saturated rings. The van der Waals surface area contributed by atoms with Gasteiger partial charge in [-0.1, -0.05) is 30.3 Å². The Bertz CT molecular complexity index is 1050. The fourth-order valence-corrected chi connectivity index (χ4v) is 4.08. The number of pyridine rings is 1. The molecular weight excluding hydrogens is 356 g/mol. The van der Waals surface area contributed by atoms with Gasteiger partial charge in [0.1, 0.15) is 0 Å². The van der Waals surface area contributed by atoms with E-state index in [9.17, 15) is 14.7 Å². The average molecular weight is 378 g/mol. The number of rotatable bonds is 3. The average Bonchev–Trinajstić information content (AvgIpc) is 3.01. The van der Waals surface area contributed by atoms with Crippen molar-refractivity contribution in [1.29, 1.82) is 0 Å². The third kappa shape index (κ3) is 2.83. The molecule has 4 rings (SSSR count). The first-order valence-electron chi connectivity index (χ1n) is 9.30. The number of carboxylic acids is 1. The minimum atomic E-state index is -0.944. The highest BCUT2D eigenvalue weighted by molar-refractivity contribution is 5.97. The second kappa shape index (κ2) is 6.74. The van der Waals surface area contributed by atoms with Gasteiger partial charge in [0.25, 0.3) is 5.91 Å². The van der Waals surface area contributed by atoms with E-state index in [0.29, 0.717) is 31.5 Å². The van der Waals surface area contributed by atoms with Gasteiger partial charge in [0.05, 0.1) is 16.7 Å².